The summed E-state index contributed by atoms with van der Waals surface area (Å²) in [7, 11) is 1.73. The highest BCUT2D eigenvalue weighted by Gasteiger charge is 2.46. The monoisotopic (exact) mass is 532 g/mol. The first-order valence-corrected chi connectivity index (χ1v) is 13.0. The molecule has 200 valence electrons. The van der Waals surface area contributed by atoms with Crippen molar-refractivity contribution < 1.29 is 23.4 Å². The number of piperidine rings is 1. The normalized spacial score (nSPS) is 20.9. The van der Waals surface area contributed by atoms with Crippen LogP contribution in [0.15, 0.2) is 48.9 Å². The summed E-state index contributed by atoms with van der Waals surface area (Å²) in [5.41, 5.74) is 5.10. The maximum atomic E-state index is 13.3. The van der Waals surface area contributed by atoms with Gasteiger partial charge in [0.1, 0.15) is 5.75 Å². The highest BCUT2D eigenvalue weighted by Crippen LogP contribution is 2.53. The molecule has 1 fully saturated rings. The lowest BCUT2D eigenvalue weighted by molar-refractivity contribution is -0.0505. The van der Waals surface area contributed by atoms with E-state index in [4.69, 9.17) is 9.84 Å². The van der Waals surface area contributed by atoms with Gasteiger partial charge in [0.05, 0.1) is 23.4 Å². The summed E-state index contributed by atoms with van der Waals surface area (Å²) >= 11 is 0. The number of hydrogen-bond donors (Lipinski definition) is 1. The Kier molecular flexibility index (Phi) is 5.51. The van der Waals surface area contributed by atoms with Crippen LogP contribution in [0.2, 0.25) is 0 Å². The number of ether oxygens (including phenoxy) is 1. The highest BCUT2D eigenvalue weighted by molar-refractivity contribution is 5.98. The molecule has 1 aliphatic carbocycles. The molecule has 39 heavy (non-hydrogen) atoms. The Morgan fingerprint density at radius 2 is 1.85 bits per heavy atom. The zero-order valence-corrected chi connectivity index (χ0v) is 21.2. The number of amides is 1. The first-order valence-electron chi connectivity index (χ1n) is 13.0. The number of alkyl halides is 2. The molecule has 0 radical (unpaired) electrons. The van der Waals surface area contributed by atoms with E-state index >= 15 is 0 Å². The van der Waals surface area contributed by atoms with Crippen molar-refractivity contribution >= 4 is 17.4 Å². The zero-order valence-electron chi connectivity index (χ0n) is 21.2. The summed E-state index contributed by atoms with van der Waals surface area (Å²) in [5.74, 6) is 0.0936. The quantitative estimate of drug-likeness (QED) is 0.424. The van der Waals surface area contributed by atoms with E-state index in [0.717, 1.165) is 27.9 Å². The largest absolute Gasteiger partial charge is 0.434 e. The average Bonchev–Trinajstić information content (AvgIpc) is 3.46. The topological polar surface area (TPSA) is 96.1 Å². The van der Waals surface area contributed by atoms with Gasteiger partial charge < -0.3 is 19.6 Å². The van der Waals surface area contributed by atoms with E-state index in [1.165, 1.54) is 6.07 Å². The van der Waals surface area contributed by atoms with E-state index < -0.39 is 6.61 Å². The molecule has 0 spiro atoms. The molecule has 7 rings (SSSR count). The summed E-state index contributed by atoms with van der Waals surface area (Å²) in [6.45, 7) is -1.57. The third-order valence-electron chi connectivity index (χ3n) is 8.19. The van der Waals surface area contributed by atoms with Crippen molar-refractivity contribution in [2.75, 3.05) is 25.0 Å². The van der Waals surface area contributed by atoms with E-state index in [9.17, 15) is 18.7 Å². The minimum atomic E-state index is -3.00. The van der Waals surface area contributed by atoms with Gasteiger partial charge in [-0.05, 0) is 49.1 Å². The van der Waals surface area contributed by atoms with Crippen molar-refractivity contribution in [3.8, 4) is 16.9 Å². The number of fused-ring (bicyclic) bond motifs is 9. The molecule has 2 bridgehead atoms. The molecule has 3 aliphatic rings. The molecule has 1 amide bonds. The van der Waals surface area contributed by atoms with Gasteiger partial charge in [-0.25, -0.2) is 14.5 Å². The Morgan fingerprint density at radius 1 is 1.08 bits per heavy atom. The summed E-state index contributed by atoms with van der Waals surface area (Å²) in [5, 5.41) is 14.6. The Bertz CT molecular complexity index is 1580. The molecule has 3 aromatic heterocycles. The fraction of sp³-hybridized carbons (Fsp3) is 0.357. The van der Waals surface area contributed by atoms with Gasteiger partial charge in [-0.2, -0.15) is 13.9 Å². The van der Waals surface area contributed by atoms with Crippen molar-refractivity contribution in [1.29, 1.82) is 0 Å². The first-order chi connectivity index (χ1) is 18.9. The summed E-state index contributed by atoms with van der Waals surface area (Å²) in [4.78, 5) is 26.2. The van der Waals surface area contributed by atoms with Crippen LogP contribution in [-0.4, -0.2) is 68.3 Å². The second kappa shape index (κ2) is 8.98. The lowest BCUT2D eigenvalue weighted by atomic mass is 9.88. The van der Waals surface area contributed by atoms with Crippen molar-refractivity contribution in [3.05, 3.63) is 71.3 Å². The second-order valence-electron chi connectivity index (χ2n) is 10.4. The number of carbonyl (C=O) groups is 1. The van der Waals surface area contributed by atoms with Crippen LogP contribution >= 0.6 is 0 Å². The number of aliphatic hydroxyl groups is 1. The van der Waals surface area contributed by atoms with Crippen LogP contribution in [0, 0.1) is 0 Å². The molecule has 4 aromatic rings. The molecule has 9 nitrogen and oxygen atoms in total. The number of pyridine rings is 1. The molecular formula is C28H26F2N6O3. The van der Waals surface area contributed by atoms with Crippen molar-refractivity contribution in [2.45, 2.75) is 43.9 Å². The Hall–Kier alpha value is -4.12. The molecule has 2 atom stereocenters. The van der Waals surface area contributed by atoms with Gasteiger partial charge in [-0.1, -0.05) is 6.07 Å². The van der Waals surface area contributed by atoms with E-state index in [2.05, 4.69) is 14.9 Å². The van der Waals surface area contributed by atoms with Crippen LogP contribution < -0.4 is 9.64 Å². The molecule has 2 aliphatic heterocycles. The van der Waals surface area contributed by atoms with Crippen LogP contribution in [0.3, 0.4) is 0 Å². The Morgan fingerprint density at radius 3 is 2.59 bits per heavy atom. The smallest absolute Gasteiger partial charge is 0.387 e. The van der Waals surface area contributed by atoms with E-state index in [1.807, 2.05) is 18.3 Å². The molecular weight excluding hydrogens is 506 g/mol. The van der Waals surface area contributed by atoms with Crippen LogP contribution in [0.25, 0.3) is 16.6 Å². The van der Waals surface area contributed by atoms with Crippen molar-refractivity contribution in [2.24, 2.45) is 0 Å². The summed E-state index contributed by atoms with van der Waals surface area (Å²) < 4.78 is 33.4. The maximum absolute atomic E-state index is 13.3. The second-order valence-corrected chi connectivity index (χ2v) is 10.4. The number of nitrogens with zero attached hydrogens (tertiary/aromatic N) is 6. The van der Waals surface area contributed by atoms with E-state index in [0.29, 0.717) is 49.4 Å². The highest BCUT2D eigenvalue weighted by atomic mass is 19.3. The lowest BCUT2D eigenvalue weighted by Crippen LogP contribution is -2.36. The summed E-state index contributed by atoms with van der Waals surface area (Å²) in [6.07, 6.45) is 7.11. The van der Waals surface area contributed by atoms with Gasteiger partial charge in [0.25, 0.3) is 5.91 Å². The zero-order chi connectivity index (χ0) is 26.8. The third-order valence-corrected chi connectivity index (χ3v) is 8.19. The van der Waals surface area contributed by atoms with Gasteiger partial charge >= 0.3 is 6.61 Å². The fourth-order valence-corrected chi connectivity index (χ4v) is 6.24. The van der Waals surface area contributed by atoms with E-state index in [1.54, 1.807) is 41.0 Å². The van der Waals surface area contributed by atoms with Crippen LogP contribution in [0.4, 0.5) is 14.7 Å². The van der Waals surface area contributed by atoms with Gasteiger partial charge in [0.15, 0.2) is 0 Å². The molecule has 1 saturated heterocycles. The number of carbonyl (C=O) groups excluding carboxylic acids is 1. The third kappa shape index (κ3) is 3.82. The van der Waals surface area contributed by atoms with Gasteiger partial charge in [-0.15, -0.1) is 0 Å². The summed E-state index contributed by atoms with van der Waals surface area (Å²) in [6, 6.07) is 8.41. The molecule has 0 saturated carbocycles. The molecule has 5 heterocycles. The molecule has 0 unspecified atom stereocenters. The standard InChI is InChI=1S/C28H26F2N6O3/c1-34-21-12-19(23-18(26(34)38)3-2-4-22(23)39-27(29)30)24-20-11-15(5-10-36(20)33-25(21)24)16-13-31-28(32-14-16)35-8-6-17(37)7-9-35/h2-5,10-11,13-14,17,19,21,27,37H,6-9,12H2,1H3/t19-,21-/m1/s1. The minimum Gasteiger partial charge on any atom is -0.434 e. The van der Waals surface area contributed by atoms with Crippen LogP contribution in [0.5, 0.6) is 5.75 Å². The number of benzene rings is 1. The number of hydrogen-bond acceptors (Lipinski definition) is 7. The minimum absolute atomic E-state index is 0.0208. The predicted molar refractivity (Wildman–Crippen MR) is 138 cm³/mol. The number of halogens is 2. The first kappa shape index (κ1) is 24.0. The SMILES string of the molecule is CN1C(=O)c2cccc(OC(F)F)c2[C@H]2C[C@@H]1c1nn3ccc(-c4cnc(N5CCC(O)CC5)nc4)cc3c12. The van der Waals surface area contributed by atoms with Gasteiger partial charge in [0, 0.05) is 66.9 Å². The fourth-order valence-electron chi connectivity index (χ4n) is 6.24. The Labute approximate surface area is 222 Å². The van der Waals surface area contributed by atoms with Crippen molar-refractivity contribution in [3.63, 3.8) is 0 Å². The van der Waals surface area contributed by atoms with Crippen LogP contribution in [-0.2, 0) is 0 Å². The van der Waals surface area contributed by atoms with Gasteiger partial charge in [-0.3, -0.25) is 4.79 Å². The number of anilines is 1. The van der Waals surface area contributed by atoms with E-state index in [-0.39, 0.29) is 29.7 Å². The molecule has 11 heteroatoms. The number of aromatic nitrogens is 4. The average molecular weight is 533 g/mol. The van der Waals surface area contributed by atoms with Gasteiger partial charge in [0.2, 0.25) is 5.95 Å². The Balaban J connectivity index is 1.31. The molecule has 1 aromatic carbocycles. The van der Waals surface area contributed by atoms with Crippen molar-refractivity contribution in [1.82, 2.24) is 24.5 Å². The lowest BCUT2D eigenvalue weighted by Gasteiger charge is -2.29. The predicted octanol–water partition coefficient (Wildman–Crippen LogP) is 4.02. The number of rotatable bonds is 4. The number of aliphatic hydroxyl groups excluding tert-OH is 1. The molecule has 1 N–H and O–H groups in total. The van der Waals surface area contributed by atoms with Crippen LogP contribution in [0.1, 0.15) is 58.4 Å². The maximum Gasteiger partial charge on any atom is 0.387 e.